The van der Waals surface area contributed by atoms with Gasteiger partial charge in [-0.2, -0.15) is 0 Å². The molecule has 1 atom stereocenters. The van der Waals surface area contributed by atoms with Crippen LogP contribution in [0.15, 0.2) is 30.3 Å². The Kier molecular flexibility index (Phi) is 5.22. The van der Waals surface area contributed by atoms with E-state index in [0.29, 0.717) is 11.3 Å². The highest BCUT2D eigenvalue weighted by atomic mass is 15.1. The number of hydrogen-bond donors (Lipinski definition) is 1. The molecule has 112 valence electrons. The first-order chi connectivity index (χ1) is 9.52. The van der Waals surface area contributed by atoms with Crippen LogP contribution in [-0.2, 0) is 0 Å². The standard InChI is InChI=1S/C18H30N2/c1-18(2)11-9-17(10-12-18)20(3)14-16(13-19)15-7-5-4-6-8-15/h4-8,16-17H,9-14,19H2,1-3H3. The molecule has 2 nitrogen and oxygen atoms in total. The zero-order chi connectivity index (χ0) is 14.6. The van der Waals surface area contributed by atoms with E-state index in [-0.39, 0.29) is 0 Å². The summed E-state index contributed by atoms with van der Waals surface area (Å²) in [5, 5.41) is 0. The summed E-state index contributed by atoms with van der Waals surface area (Å²) >= 11 is 0. The lowest BCUT2D eigenvalue weighted by molar-refractivity contribution is 0.123. The van der Waals surface area contributed by atoms with Crippen molar-refractivity contribution in [1.29, 1.82) is 0 Å². The maximum absolute atomic E-state index is 6.00. The monoisotopic (exact) mass is 274 g/mol. The smallest absolute Gasteiger partial charge is 0.00928 e. The Bertz CT molecular complexity index is 389. The molecule has 0 spiro atoms. The number of rotatable bonds is 5. The van der Waals surface area contributed by atoms with Crippen LogP contribution in [0, 0.1) is 5.41 Å². The Balaban J connectivity index is 1.91. The SMILES string of the molecule is CN(CC(CN)c1ccccc1)C1CCC(C)(C)CC1. The highest BCUT2D eigenvalue weighted by Gasteiger charge is 2.29. The molecule has 0 bridgehead atoms. The summed E-state index contributed by atoms with van der Waals surface area (Å²) in [5.74, 6) is 0.455. The summed E-state index contributed by atoms with van der Waals surface area (Å²) in [6.45, 7) is 6.60. The normalized spacial score (nSPS) is 21.1. The number of nitrogens with two attached hydrogens (primary N) is 1. The molecule has 2 rings (SSSR count). The second-order valence-corrected chi connectivity index (χ2v) is 7.18. The van der Waals surface area contributed by atoms with Crippen molar-refractivity contribution in [3.8, 4) is 0 Å². The number of hydrogen-bond acceptors (Lipinski definition) is 2. The molecule has 0 saturated heterocycles. The number of benzene rings is 1. The van der Waals surface area contributed by atoms with Crippen molar-refractivity contribution >= 4 is 0 Å². The molecule has 0 amide bonds. The Morgan fingerprint density at radius 3 is 2.35 bits per heavy atom. The van der Waals surface area contributed by atoms with Gasteiger partial charge in [-0.1, -0.05) is 44.2 Å². The van der Waals surface area contributed by atoms with Crippen LogP contribution in [0.1, 0.15) is 51.0 Å². The van der Waals surface area contributed by atoms with Gasteiger partial charge < -0.3 is 10.6 Å². The first-order valence-corrected chi connectivity index (χ1v) is 7.97. The van der Waals surface area contributed by atoms with Gasteiger partial charge in [-0.25, -0.2) is 0 Å². The van der Waals surface area contributed by atoms with Crippen molar-refractivity contribution in [1.82, 2.24) is 4.90 Å². The lowest BCUT2D eigenvalue weighted by Crippen LogP contribution is -2.40. The minimum absolute atomic E-state index is 0.455. The highest BCUT2D eigenvalue weighted by Crippen LogP contribution is 2.36. The van der Waals surface area contributed by atoms with Crippen LogP contribution >= 0.6 is 0 Å². The predicted molar refractivity (Wildman–Crippen MR) is 86.9 cm³/mol. The summed E-state index contributed by atoms with van der Waals surface area (Å²) in [7, 11) is 2.27. The minimum atomic E-state index is 0.455. The lowest BCUT2D eigenvalue weighted by atomic mass is 9.75. The quantitative estimate of drug-likeness (QED) is 0.888. The van der Waals surface area contributed by atoms with E-state index in [1.807, 2.05) is 0 Å². The summed E-state index contributed by atoms with van der Waals surface area (Å²) in [4.78, 5) is 2.54. The van der Waals surface area contributed by atoms with E-state index < -0.39 is 0 Å². The van der Waals surface area contributed by atoms with Crippen LogP contribution in [0.4, 0.5) is 0 Å². The van der Waals surface area contributed by atoms with Crippen LogP contribution in [-0.4, -0.2) is 31.1 Å². The van der Waals surface area contributed by atoms with E-state index in [0.717, 1.165) is 19.1 Å². The summed E-state index contributed by atoms with van der Waals surface area (Å²) in [6.07, 6.45) is 5.35. The molecule has 0 aliphatic heterocycles. The van der Waals surface area contributed by atoms with E-state index in [9.17, 15) is 0 Å². The number of nitrogens with zero attached hydrogens (tertiary/aromatic N) is 1. The zero-order valence-corrected chi connectivity index (χ0v) is 13.3. The third-order valence-electron chi connectivity index (χ3n) is 5.00. The summed E-state index contributed by atoms with van der Waals surface area (Å²) in [6, 6.07) is 11.4. The first-order valence-electron chi connectivity index (χ1n) is 7.97. The Labute approximate surface area is 124 Å². The van der Waals surface area contributed by atoms with Gasteiger partial charge in [-0.15, -0.1) is 0 Å². The highest BCUT2D eigenvalue weighted by molar-refractivity contribution is 5.20. The summed E-state index contributed by atoms with van der Waals surface area (Å²) < 4.78 is 0. The molecular formula is C18H30N2. The average molecular weight is 274 g/mol. The molecule has 1 aliphatic carbocycles. The molecule has 1 aliphatic rings. The fourth-order valence-electron chi connectivity index (χ4n) is 3.36. The van der Waals surface area contributed by atoms with E-state index in [4.69, 9.17) is 5.73 Å². The van der Waals surface area contributed by atoms with E-state index >= 15 is 0 Å². The lowest BCUT2D eigenvalue weighted by Gasteiger charge is -2.39. The molecule has 2 heteroatoms. The maximum atomic E-state index is 6.00. The fourth-order valence-corrected chi connectivity index (χ4v) is 3.36. The van der Waals surface area contributed by atoms with Gasteiger partial charge in [0.2, 0.25) is 0 Å². The molecule has 1 saturated carbocycles. The fraction of sp³-hybridized carbons (Fsp3) is 0.667. The van der Waals surface area contributed by atoms with Gasteiger partial charge in [0.25, 0.3) is 0 Å². The van der Waals surface area contributed by atoms with Gasteiger partial charge in [-0.3, -0.25) is 0 Å². The molecule has 0 aromatic heterocycles. The molecular weight excluding hydrogens is 244 g/mol. The van der Waals surface area contributed by atoms with Gasteiger partial charge in [-0.05, 0) is 43.7 Å². The molecule has 20 heavy (non-hydrogen) atoms. The van der Waals surface area contributed by atoms with E-state index in [1.165, 1.54) is 31.2 Å². The zero-order valence-electron chi connectivity index (χ0n) is 13.3. The first kappa shape index (κ1) is 15.5. The van der Waals surface area contributed by atoms with E-state index in [1.54, 1.807) is 0 Å². The van der Waals surface area contributed by atoms with Gasteiger partial charge in [0, 0.05) is 25.0 Å². The topological polar surface area (TPSA) is 29.3 Å². The van der Waals surface area contributed by atoms with Gasteiger partial charge in [0.05, 0.1) is 0 Å². The molecule has 1 unspecified atom stereocenters. The minimum Gasteiger partial charge on any atom is -0.330 e. The van der Waals surface area contributed by atoms with Crippen molar-refractivity contribution in [3.05, 3.63) is 35.9 Å². The average Bonchev–Trinajstić information content (AvgIpc) is 2.45. The van der Waals surface area contributed by atoms with Crippen LogP contribution in [0.5, 0.6) is 0 Å². The van der Waals surface area contributed by atoms with Gasteiger partial charge >= 0.3 is 0 Å². The number of likely N-dealkylation sites (N-methyl/N-ethyl adjacent to an activating group) is 1. The second-order valence-electron chi connectivity index (χ2n) is 7.18. The summed E-state index contributed by atoms with van der Waals surface area (Å²) in [5.41, 5.74) is 7.92. The van der Waals surface area contributed by atoms with Crippen molar-refractivity contribution in [2.45, 2.75) is 51.5 Å². The van der Waals surface area contributed by atoms with Gasteiger partial charge in [0.1, 0.15) is 0 Å². The Morgan fingerprint density at radius 2 is 1.80 bits per heavy atom. The molecule has 1 aromatic carbocycles. The van der Waals surface area contributed by atoms with Gasteiger partial charge in [0.15, 0.2) is 0 Å². The largest absolute Gasteiger partial charge is 0.330 e. The predicted octanol–water partition coefficient (Wildman–Crippen LogP) is 3.63. The van der Waals surface area contributed by atoms with E-state index in [2.05, 4.69) is 56.1 Å². The molecule has 2 N–H and O–H groups in total. The third kappa shape index (κ3) is 4.07. The molecule has 0 radical (unpaired) electrons. The van der Waals surface area contributed by atoms with Crippen LogP contribution in [0.25, 0.3) is 0 Å². The van der Waals surface area contributed by atoms with Crippen LogP contribution in [0.3, 0.4) is 0 Å². The van der Waals surface area contributed by atoms with Crippen molar-refractivity contribution < 1.29 is 0 Å². The maximum Gasteiger partial charge on any atom is 0.00928 e. The second kappa shape index (κ2) is 6.73. The van der Waals surface area contributed by atoms with Crippen molar-refractivity contribution in [2.24, 2.45) is 11.1 Å². The van der Waals surface area contributed by atoms with Crippen LogP contribution in [0.2, 0.25) is 0 Å². The Morgan fingerprint density at radius 1 is 1.20 bits per heavy atom. The third-order valence-corrected chi connectivity index (χ3v) is 5.00. The molecule has 0 heterocycles. The van der Waals surface area contributed by atoms with Crippen molar-refractivity contribution in [3.63, 3.8) is 0 Å². The van der Waals surface area contributed by atoms with Crippen LogP contribution < -0.4 is 5.73 Å². The molecule has 1 fully saturated rings. The molecule has 1 aromatic rings. The Hall–Kier alpha value is -0.860. The van der Waals surface area contributed by atoms with Crippen molar-refractivity contribution in [2.75, 3.05) is 20.1 Å².